The molecule has 0 fully saturated rings. The monoisotopic (exact) mass is 230 g/mol. The molecule has 0 aliphatic rings. The number of aryl methyl sites for hydroxylation is 1. The number of nitrogens with one attached hydrogen (secondary N) is 2. The van der Waals surface area contributed by atoms with Gasteiger partial charge in [-0.05, 0) is 30.2 Å². The summed E-state index contributed by atoms with van der Waals surface area (Å²) in [4.78, 5) is 12.2. The first-order valence-corrected chi connectivity index (χ1v) is 5.22. The molecule has 0 radical (unpaired) electrons. The molecule has 6 heteroatoms. The van der Waals surface area contributed by atoms with Gasteiger partial charge in [-0.25, -0.2) is 10.8 Å². The molecule has 6 nitrogen and oxygen atoms in total. The van der Waals surface area contributed by atoms with Gasteiger partial charge >= 0.3 is 0 Å². The molecule has 2 aromatic heterocycles. The van der Waals surface area contributed by atoms with Crippen LogP contribution in [0.2, 0.25) is 0 Å². The van der Waals surface area contributed by atoms with Crippen LogP contribution in [0.5, 0.6) is 0 Å². The number of nitrogens with zero attached hydrogens (tertiary/aromatic N) is 3. The summed E-state index contributed by atoms with van der Waals surface area (Å²) in [5.74, 6) is 6.34. The smallest absolute Gasteiger partial charge is 0.239 e. The zero-order chi connectivity index (χ0) is 12.1. The third kappa shape index (κ3) is 2.88. The molecule has 0 unspecified atom stereocenters. The van der Waals surface area contributed by atoms with Gasteiger partial charge in [0.1, 0.15) is 5.82 Å². The van der Waals surface area contributed by atoms with Crippen LogP contribution < -0.4 is 16.6 Å². The maximum absolute atomic E-state index is 5.24. The molecule has 0 aliphatic carbocycles. The highest BCUT2D eigenvalue weighted by molar-refractivity contribution is 5.40. The first kappa shape index (κ1) is 11.3. The van der Waals surface area contributed by atoms with Crippen molar-refractivity contribution in [1.82, 2.24) is 15.0 Å². The first-order valence-electron chi connectivity index (χ1n) is 5.22. The average molecular weight is 230 g/mol. The van der Waals surface area contributed by atoms with Crippen LogP contribution in [0.25, 0.3) is 0 Å². The van der Waals surface area contributed by atoms with Crippen LogP contribution in [-0.4, -0.2) is 15.0 Å². The van der Waals surface area contributed by atoms with Crippen LogP contribution in [0, 0.1) is 6.92 Å². The summed E-state index contributed by atoms with van der Waals surface area (Å²) in [6, 6.07) is 3.76. The number of hydrazine groups is 1. The molecule has 0 saturated heterocycles. The highest BCUT2D eigenvalue weighted by Gasteiger charge is 2.00. The maximum atomic E-state index is 5.24. The van der Waals surface area contributed by atoms with Gasteiger partial charge in [0.05, 0.1) is 0 Å². The van der Waals surface area contributed by atoms with Gasteiger partial charge in [-0.3, -0.25) is 10.4 Å². The minimum Gasteiger partial charge on any atom is -0.366 e. The summed E-state index contributed by atoms with van der Waals surface area (Å²) in [6.07, 6.45) is 5.26. The Kier molecular flexibility index (Phi) is 3.46. The number of nitrogens with two attached hydrogens (primary N) is 1. The minimum absolute atomic E-state index is 0.387. The van der Waals surface area contributed by atoms with Gasteiger partial charge in [-0.2, -0.15) is 4.98 Å². The standard InChI is InChI=1S/C11H14N6/c1-8-2-4-13-6-9(8)7-15-10-3-5-14-11(16-10)17-12/h2-6H,7,12H2,1H3,(H2,14,15,16,17). The van der Waals surface area contributed by atoms with Crippen LogP contribution >= 0.6 is 0 Å². The van der Waals surface area contributed by atoms with Gasteiger partial charge in [0.25, 0.3) is 0 Å². The summed E-state index contributed by atoms with van der Waals surface area (Å²) in [5, 5.41) is 3.19. The Hall–Kier alpha value is -2.21. The summed E-state index contributed by atoms with van der Waals surface area (Å²) in [5.41, 5.74) is 4.73. The summed E-state index contributed by atoms with van der Waals surface area (Å²) in [6.45, 7) is 2.71. The normalized spacial score (nSPS) is 10.0. The van der Waals surface area contributed by atoms with Gasteiger partial charge < -0.3 is 5.32 Å². The van der Waals surface area contributed by atoms with E-state index in [4.69, 9.17) is 5.84 Å². The van der Waals surface area contributed by atoms with E-state index in [-0.39, 0.29) is 0 Å². The molecule has 0 saturated carbocycles. The fourth-order valence-electron chi connectivity index (χ4n) is 1.39. The number of aromatic nitrogens is 3. The van der Waals surface area contributed by atoms with Crippen molar-refractivity contribution in [2.45, 2.75) is 13.5 Å². The second-order valence-electron chi connectivity index (χ2n) is 3.57. The molecular formula is C11H14N6. The predicted molar refractivity (Wildman–Crippen MR) is 66.1 cm³/mol. The molecule has 0 spiro atoms. The van der Waals surface area contributed by atoms with Crippen molar-refractivity contribution in [3.05, 3.63) is 41.9 Å². The minimum atomic E-state index is 0.387. The zero-order valence-corrected chi connectivity index (χ0v) is 9.51. The quantitative estimate of drug-likeness (QED) is 0.538. The second-order valence-corrected chi connectivity index (χ2v) is 3.57. The molecule has 0 aromatic carbocycles. The van der Waals surface area contributed by atoms with E-state index >= 15 is 0 Å². The van der Waals surface area contributed by atoms with E-state index in [9.17, 15) is 0 Å². The van der Waals surface area contributed by atoms with Gasteiger partial charge in [0.15, 0.2) is 0 Å². The highest BCUT2D eigenvalue weighted by Crippen LogP contribution is 2.09. The van der Waals surface area contributed by atoms with Crippen molar-refractivity contribution in [3.8, 4) is 0 Å². The molecule has 2 rings (SSSR count). The zero-order valence-electron chi connectivity index (χ0n) is 9.51. The second kappa shape index (κ2) is 5.22. The Morgan fingerprint density at radius 2 is 2.18 bits per heavy atom. The third-order valence-electron chi connectivity index (χ3n) is 2.39. The summed E-state index contributed by atoms with van der Waals surface area (Å²) >= 11 is 0. The lowest BCUT2D eigenvalue weighted by atomic mass is 10.1. The van der Waals surface area contributed by atoms with E-state index in [2.05, 4.69) is 25.7 Å². The fourth-order valence-corrected chi connectivity index (χ4v) is 1.39. The van der Waals surface area contributed by atoms with Gasteiger partial charge in [0, 0.05) is 25.1 Å². The van der Waals surface area contributed by atoms with E-state index in [0.717, 1.165) is 11.4 Å². The Morgan fingerprint density at radius 3 is 2.94 bits per heavy atom. The number of hydrogen-bond donors (Lipinski definition) is 3. The Labute approximate surface area is 99.3 Å². The van der Waals surface area contributed by atoms with Gasteiger partial charge in [-0.1, -0.05) is 0 Å². The van der Waals surface area contributed by atoms with Crippen molar-refractivity contribution in [2.24, 2.45) is 5.84 Å². The first-order chi connectivity index (χ1) is 8.29. The molecule has 17 heavy (non-hydrogen) atoms. The Morgan fingerprint density at radius 1 is 1.29 bits per heavy atom. The van der Waals surface area contributed by atoms with Crippen LogP contribution in [0.4, 0.5) is 11.8 Å². The van der Waals surface area contributed by atoms with E-state index < -0.39 is 0 Å². The van der Waals surface area contributed by atoms with Gasteiger partial charge in [0.2, 0.25) is 5.95 Å². The largest absolute Gasteiger partial charge is 0.366 e. The molecule has 0 aliphatic heterocycles. The predicted octanol–water partition coefficient (Wildman–Crippen LogP) is 1.08. The topological polar surface area (TPSA) is 88.8 Å². The molecule has 0 amide bonds. The summed E-state index contributed by atoms with van der Waals surface area (Å²) < 4.78 is 0. The average Bonchev–Trinajstić information content (AvgIpc) is 2.38. The van der Waals surface area contributed by atoms with Crippen molar-refractivity contribution in [2.75, 3.05) is 10.7 Å². The van der Waals surface area contributed by atoms with Crippen LogP contribution in [-0.2, 0) is 6.54 Å². The Balaban J connectivity index is 2.05. The number of nitrogen functional groups attached to an aromatic ring is 1. The lowest BCUT2D eigenvalue weighted by molar-refractivity contribution is 1.04. The number of pyridine rings is 1. The lowest BCUT2D eigenvalue weighted by Gasteiger charge is -2.08. The van der Waals surface area contributed by atoms with E-state index in [1.165, 1.54) is 5.56 Å². The molecule has 0 atom stereocenters. The van der Waals surface area contributed by atoms with Crippen molar-refractivity contribution < 1.29 is 0 Å². The van der Waals surface area contributed by atoms with Crippen molar-refractivity contribution >= 4 is 11.8 Å². The van der Waals surface area contributed by atoms with Crippen molar-refractivity contribution in [1.29, 1.82) is 0 Å². The number of rotatable bonds is 4. The van der Waals surface area contributed by atoms with Crippen molar-refractivity contribution in [3.63, 3.8) is 0 Å². The van der Waals surface area contributed by atoms with E-state index in [1.807, 2.05) is 19.2 Å². The van der Waals surface area contributed by atoms with E-state index in [0.29, 0.717) is 12.5 Å². The molecule has 88 valence electrons. The number of hydrogen-bond acceptors (Lipinski definition) is 6. The lowest BCUT2D eigenvalue weighted by Crippen LogP contribution is -2.11. The highest BCUT2D eigenvalue weighted by atomic mass is 15.3. The molecule has 0 bridgehead atoms. The Bertz CT molecular complexity index is 499. The van der Waals surface area contributed by atoms with Gasteiger partial charge in [-0.15, -0.1) is 0 Å². The molecule has 2 aromatic rings. The molecule has 2 heterocycles. The maximum Gasteiger partial charge on any atom is 0.239 e. The van der Waals surface area contributed by atoms with Crippen LogP contribution in [0.15, 0.2) is 30.7 Å². The molecular weight excluding hydrogens is 216 g/mol. The van der Waals surface area contributed by atoms with Crippen LogP contribution in [0.1, 0.15) is 11.1 Å². The molecule has 4 N–H and O–H groups in total. The number of anilines is 2. The van der Waals surface area contributed by atoms with Crippen LogP contribution in [0.3, 0.4) is 0 Å². The summed E-state index contributed by atoms with van der Waals surface area (Å²) in [7, 11) is 0. The fraction of sp³-hybridized carbons (Fsp3) is 0.182. The SMILES string of the molecule is Cc1ccncc1CNc1ccnc(NN)n1. The van der Waals surface area contributed by atoms with E-state index in [1.54, 1.807) is 18.5 Å². The third-order valence-corrected chi connectivity index (χ3v) is 2.39.